The molecule has 0 bridgehead atoms. The van der Waals surface area contributed by atoms with Gasteiger partial charge in [0.2, 0.25) is 5.91 Å². The highest BCUT2D eigenvalue weighted by Gasteiger charge is 2.38. The normalized spacial score (nSPS) is 32.8. The van der Waals surface area contributed by atoms with Gasteiger partial charge in [-0.2, -0.15) is 0 Å². The third kappa shape index (κ3) is 4.68. The third-order valence-corrected chi connectivity index (χ3v) is 4.46. The lowest BCUT2D eigenvalue weighted by atomic mass is 9.88. The molecular formula is C15H25NO5. The summed E-state index contributed by atoms with van der Waals surface area (Å²) in [5, 5.41) is 11.8. The first-order valence-corrected chi connectivity index (χ1v) is 7.73. The Balaban J connectivity index is 1.80. The van der Waals surface area contributed by atoms with Crippen LogP contribution < -0.4 is 5.32 Å². The average Bonchev–Trinajstić information content (AvgIpc) is 2.85. The van der Waals surface area contributed by atoms with E-state index in [2.05, 4.69) is 12.2 Å². The smallest absolute Gasteiger partial charge is 0.305 e. The Labute approximate surface area is 125 Å². The van der Waals surface area contributed by atoms with Crippen LogP contribution in [-0.4, -0.2) is 48.4 Å². The monoisotopic (exact) mass is 299 g/mol. The van der Waals surface area contributed by atoms with Crippen LogP contribution in [0.2, 0.25) is 0 Å². The second-order valence-corrected chi connectivity index (χ2v) is 6.31. The maximum absolute atomic E-state index is 12.1. The van der Waals surface area contributed by atoms with E-state index in [1.807, 2.05) is 0 Å². The molecule has 120 valence electrons. The van der Waals surface area contributed by atoms with Crippen LogP contribution in [0.15, 0.2) is 0 Å². The molecule has 1 amide bonds. The standard InChI is InChI=1S/C15H25NO5/c1-11-4-2-3-5-12(11)21-9-13(17)16-15(8-14(18)19)6-7-20-10-15/h11-12H,2-10H2,1H3,(H,16,17)(H,18,19). The van der Waals surface area contributed by atoms with Gasteiger partial charge in [-0.1, -0.05) is 19.8 Å². The number of ether oxygens (including phenoxy) is 2. The van der Waals surface area contributed by atoms with Gasteiger partial charge < -0.3 is 19.9 Å². The molecule has 1 saturated heterocycles. The summed E-state index contributed by atoms with van der Waals surface area (Å²) in [6, 6.07) is 0. The summed E-state index contributed by atoms with van der Waals surface area (Å²) in [4.78, 5) is 23.0. The van der Waals surface area contributed by atoms with Crippen LogP contribution in [0.5, 0.6) is 0 Å². The number of carboxylic acid groups (broad SMARTS) is 1. The van der Waals surface area contributed by atoms with Crippen molar-refractivity contribution in [2.75, 3.05) is 19.8 Å². The maximum atomic E-state index is 12.1. The minimum absolute atomic E-state index is 0.00360. The van der Waals surface area contributed by atoms with Crippen LogP contribution in [0, 0.1) is 5.92 Å². The van der Waals surface area contributed by atoms with Gasteiger partial charge >= 0.3 is 5.97 Å². The number of amides is 1. The van der Waals surface area contributed by atoms with Gasteiger partial charge in [0.1, 0.15) is 6.61 Å². The first-order valence-electron chi connectivity index (χ1n) is 7.73. The molecule has 3 unspecified atom stereocenters. The number of nitrogens with one attached hydrogen (secondary N) is 1. The third-order valence-electron chi connectivity index (χ3n) is 4.46. The molecule has 6 nitrogen and oxygen atoms in total. The average molecular weight is 299 g/mol. The Morgan fingerprint density at radius 2 is 2.14 bits per heavy atom. The van der Waals surface area contributed by atoms with Gasteiger partial charge in [-0.15, -0.1) is 0 Å². The number of hydrogen-bond donors (Lipinski definition) is 2. The number of aliphatic carboxylic acids is 1. The molecule has 0 aromatic rings. The number of carboxylic acids is 1. The molecule has 21 heavy (non-hydrogen) atoms. The van der Waals surface area contributed by atoms with E-state index >= 15 is 0 Å². The van der Waals surface area contributed by atoms with E-state index in [-0.39, 0.29) is 31.6 Å². The highest BCUT2D eigenvalue weighted by Crippen LogP contribution is 2.26. The summed E-state index contributed by atoms with van der Waals surface area (Å²) >= 11 is 0. The highest BCUT2D eigenvalue weighted by molar-refractivity contribution is 5.79. The van der Waals surface area contributed by atoms with Crippen LogP contribution >= 0.6 is 0 Å². The SMILES string of the molecule is CC1CCCCC1OCC(=O)NC1(CC(=O)O)CCOC1. The van der Waals surface area contributed by atoms with Gasteiger partial charge in [-0.05, 0) is 25.2 Å². The Bertz CT molecular complexity index is 378. The van der Waals surface area contributed by atoms with Crippen LogP contribution in [0.1, 0.15) is 45.4 Å². The van der Waals surface area contributed by atoms with Gasteiger partial charge in [0.05, 0.1) is 24.7 Å². The summed E-state index contributed by atoms with van der Waals surface area (Å²) in [6.45, 7) is 2.88. The molecule has 6 heteroatoms. The number of hydrogen-bond acceptors (Lipinski definition) is 4. The zero-order valence-corrected chi connectivity index (χ0v) is 12.6. The lowest BCUT2D eigenvalue weighted by Gasteiger charge is -2.30. The summed E-state index contributed by atoms with van der Waals surface area (Å²) in [5.41, 5.74) is -0.773. The summed E-state index contributed by atoms with van der Waals surface area (Å²) < 4.78 is 11.0. The van der Waals surface area contributed by atoms with Crippen molar-refractivity contribution in [2.45, 2.75) is 57.1 Å². The second kappa shape index (κ2) is 7.22. The van der Waals surface area contributed by atoms with Crippen LogP contribution in [-0.2, 0) is 19.1 Å². The van der Waals surface area contributed by atoms with E-state index in [0.29, 0.717) is 18.9 Å². The van der Waals surface area contributed by atoms with Gasteiger partial charge in [-0.3, -0.25) is 9.59 Å². The fourth-order valence-corrected chi connectivity index (χ4v) is 3.22. The Morgan fingerprint density at radius 3 is 2.76 bits per heavy atom. The highest BCUT2D eigenvalue weighted by atomic mass is 16.5. The summed E-state index contributed by atoms with van der Waals surface area (Å²) in [6.07, 6.45) is 5.07. The minimum Gasteiger partial charge on any atom is -0.481 e. The van der Waals surface area contributed by atoms with Gasteiger partial charge in [0.25, 0.3) is 0 Å². The molecule has 1 heterocycles. The van der Waals surface area contributed by atoms with E-state index in [9.17, 15) is 9.59 Å². The van der Waals surface area contributed by atoms with Crippen molar-refractivity contribution in [2.24, 2.45) is 5.92 Å². The van der Waals surface area contributed by atoms with Crippen molar-refractivity contribution in [3.05, 3.63) is 0 Å². The summed E-state index contributed by atoms with van der Waals surface area (Å²) in [7, 11) is 0. The van der Waals surface area contributed by atoms with E-state index in [1.54, 1.807) is 0 Å². The fraction of sp³-hybridized carbons (Fsp3) is 0.867. The second-order valence-electron chi connectivity index (χ2n) is 6.31. The van der Waals surface area contributed by atoms with Gasteiger partial charge in [0, 0.05) is 6.61 Å². The largest absolute Gasteiger partial charge is 0.481 e. The number of carbonyl (C=O) groups excluding carboxylic acids is 1. The van der Waals surface area contributed by atoms with Crippen molar-refractivity contribution < 1.29 is 24.2 Å². The molecule has 0 aromatic heterocycles. The topological polar surface area (TPSA) is 84.9 Å². The Kier molecular flexibility index (Phi) is 5.58. The number of carbonyl (C=O) groups is 2. The van der Waals surface area contributed by atoms with Crippen molar-refractivity contribution in [1.82, 2.24) is 5.32 Å². The lowest BCUT2D eigenvalue weighted by Crippen LogP contribution is -2.52. The van der Waals surface area contributed by atoms with Gasteiger partial charge in [-0.25, -0.2) is 0 Å². The molecule has 2 rings (SSSR count). The van der Waals surface area contributed by atoms with E-state index < -0.39 is 11.5 Å². The maximum Gasteiger partial charge on any atom is 0.305 e. The number of rotatable bonds is 6. The quantitative estimate of drug-likeness (QED) is 0.773. The van der Waals surface area contributed by atoms with Crippen LogP contribution in [0.4, 0.5) is 0 Å². The minimum atomic E-state index is -0.928. The molecular weight excluding hydrogens is 274 g/mol. The molecule has 1 aliphatic heterocycles. The molecule has 3 atom stereocenters. The molecule has 0 spiro atoms. The predicted octanol–water partition coefficient (Wildman–Crippen LogP) is 1.33. The van der Waals surface area contributed by atoms with E-state index in [1.165, 1.54) is 6.42 Å². The molecule has 1 aliphatic carbocycles. The first kappa shape index (κ1) is 16.2. The molecule has 2 N–H and O–H groups in total. The molecule has 2 aliphatic rings. The van der Waals surface area contributed by atoms with E-state index in [4.69, 9.17) is 14.6 Å². The van der Waals surface area contributed by atoms with Crippen molar-refractivity contribution in [3.63, 3.8) is 0 Å². The van der Waals surface area contributed by atoms with Crippen LogP contribution in [0.3, 0.4) is 0 Å². The molecule has 1 saturated carbocycles. The van der Waals surface area contributed by atoms with Crippen molar-refractivity contribution in [1.29, 1.82) is 0 Å². The zero-order chi connectivity index (χ0) is 15.3. The Hall–Kier alpha value is -1.14. The fourth-order valence-electron chi connectivity index (χ4n) is 3.22. The zero-order valence-electron chi connectivity index (χ0n) is 12.6. The molecule has 0 aromatic carbocycles. The summed E-state index contributed by atoms with van der Waals surface area (Å²) in [5.74, 6) is -0.698. The Morgan fingerprint density at radius 1 is 1.38 bits per heavy atom. The van der Waals surface area contributed by atoms with Crippen molar-refractivity contribution in [3.8, 4) is 0 Å². The van der Waals surface area contributed by atoms with Gasteiger partial charge in [0.15, 0.2) is 0 Å². The lowest BCUT2D eigenvalue weighted by molar-refractivity contribution is -0.140. The predicted molar refractivity (Wildman–Crippen MR) is 75.9 cm³/mol. The first-order chi connectivity index (χ1) is 10.0. The van der Waals surface area contributed by atoms with Crippen molar-refractivity contribution >= 4 is 11.9 Å². The molecule has 0 radical (unpaired) electrons. The van der Waals surface area contributed by atoms with Crippen LogP contribution in [0.25, 0.3) is 0 Å². The molecule has 2 fully saturated rings. The van der Waals surface area contributed by atoms with E-state index in [0.717, 1.165) is 19.3 Å².